The molecule has 0 aliphatic heterocycles. The Kier molecular flexibility index (Phi) is 4.99. The van der Waals surface area contributed by atoms with Crippen LogP contribution in [-0.2, 0) is 15.8 Å². The number of amides is 2. The molecule has 0 unspecified atom stereocenters. The number of halogens is 4. The van der Waals surface area contributed by atoms with E-state index in [-0.39, 0.29) is 22.1 Å². The zero-order chi connectivity index (χ0) is 17.9. The Bertz CT molecular complexity index is 794. The van der Waals surface area contributed by atoms with Gasteiger partial charge in [-0.3, -0.25) is 9.59 Å². The minimum atomic E-state index is -4.57. The van der Waals surface area contributed by atoms with Crippen molar-refractivity contribution in [3.8, 4) is 5.75 Å². The van der Waals surface area contributed by atoms with Gasteiger partial charge in [-0.25, -0.2) is 0 Å². The summed E-state index contributed by atoms with van der Waals surface area (Å²) in [5, 5.41) is 13.9. The lowest BCUT2D eigenvalue weighted by molar-refractivity contribution is -0.137. The largest absolute Gasteiger partial charge is 0.506 e. The fraction of sp³-hybridized carbons (Fsp3) is 0.0667. The minimum absolute atomic E-state index is 0.105. The Hall–Kier alpha value is -2.74. The van der Waals surface area contributed by atoms with Gasteiger partial charge in [0.15, 0.2) is 0 Å². The molecule has 2 aromatic carbocycles. The summed E-state index contributed by atoms with van der Waals surface area (Å²) in [5.41, 5.74) is -1.26. The fourth-order valence-electron chi connectivity index (χ4n) is 1.75. The van der Waals surface area contributed by atoms with Gasteiger partial charge in [0.2, 0.25) is 0 Å². The van der Waals surface area contributed by atoms with Gasteiger partial charge in [0.25, 0.3) is 0 Å². The van der Waals surface area contributed by atoms with E-state index in [1.54, 1.807) is 0 Å². The number of anilines is 2. The molecule has 0 saturated heterocycles. The SMILES string of the molecule is O=C(Nc1cccc(C(F)(F)F)c1)C(=O)Nc1cc(Cl)ccc1O. The zero-order valence-electron chi connectivity index (χ0n) is 11.8. The molecule has 0 radical (unpaired) electrons. The Labute approximate surface area is 139 Å². The van der Waals surface area contributed by atoms with Crippen LogP contribution in [0.2, 0.25) is 5.02 Å². The number of carbonyl (C=O) groups is 2. The lowest BCUT2D eigenvalue weighted by Gasteiger charge is -2.10. The second kappa shape index (κ2) is 6.79. The van der Waals surface area contributed by atoms with Crippen LogP contribution in [0, 0.1) is 0 Å². The summed E-state index contributed by atoms with van der Waals surface area (Å²) in [4.78, 5) is 23.5. The standard InChI is InChI=1S/C15H10ClF3N2O3/c16-9-4-5-12(22)11(7-9)21-14(24)13(23)20-10-3-1-2-8(6-10)15(17,18)19/h1-7,22H,(H,20,23)(H,21,24). The minimum Gasteiger partial charge on any atom is -0.506 e. The van der Waals surface area contributed by atoms with Crippen LogP contribution >= 0.6 is 11.6 Å². The predicted octanol–water partition coefficient (Wildman–Crippen LogP) is 3.64. The van der Waals surface area contributed by atoms with Crippen LogP contribution in [0.25, 0.3) is 0 Å². The van der Waals surface area contributed by atoms with Crippen molar-refractivity contribution in [2.45, 2.75) is 6.18 Å². The molecule has 2 amide bonds. The average molecular weight is 359 g/mol. The Morgan fingerprint density at radius 3 is 2.33 bits per heavy atom. The predicted molar refractivity (Wildman–Crippen MR) is 81.8 cm³/mol. The van der Waals surface area contributed by atoms with Gasteiger partial charge < -0.3 is 15.7 Å². The second-order valence-corrected chi connectivity index (χ2v) is 5.08. The van der Waals surface area contributed by atoms with E-state index in [0.29, 0.717) is 6.07 Å². The number of benzene rings is 2. The van der Waals surface area contributed by atoms with Crippen LogP contribution in [0.5, 0.6) is 5.75 Å². The Balaban J connectivity index is 2.09. The fourth-order valence-corrected chi connectivity index (χ4v) is 1.92. The Morgan fingerprint density at radius 2 is 1.67 bits per heavy atom. The summed E-state index contributed by atoms with van der Waals surface area (Å²) in [6.07, 6.45) is -4.57. The van der Waals surface area contributed by atoms with E-state index in [1.807, 2.05) is 5.32 Å². The first-order valence-electron chi connectivity index (χ1n) is 6.45. The number of phenols is 1. The van der Waals surface area contributed by atoms with E-state index in [2.05, 4.69) is 5.32 Å². The monoisotopic (exact) mass is 358 g/mol. The third kappa shape index (κ3) is 4.39. The van der Waals surface area contributed by atoms with E-state index in [9.17, 15) is 27.9 Å². The topological polar surface area (TPSA) is 78.4 Å². The van der Waals surface area contributed by atoms with Crippen LogP contribution in [0.1, 0.15) is 5.56 Å². The molecule has 2 aromatic rings. The van der Waals surface area contributed by atoms with Gasteiger partial charge in [-0.1, -0.05) is 17.7 Å². The van der Waals surface area contributed by atoms with Crippen molar-refractivity contribution in [1.29, 1.82) is 0 Å². The van der Waals surface area contributed by atoms with Crippen LogP contribution in [0.15, 0.2) is 42.5 Å². The molecule has 0 aromatic heterocycles. The molecule has 24 heavy (non-hydrogen) atoms. The number of hydrogen-bond donors (Lipinski definition) is 3. The van der Waals surface area contributed by atoms with Crippen LogP contribution in [-0.4, -0.2) is 16.9 Å². The number of alkyl halides is 3. The van der Waals surface area contributed by atoms with Gasteiger partial charge in [0.05, 0.1) is 11.3 Å². The second-order valence-electron chi connectivity index (χ2n) is 4.65. The van der Waals surface area contributed by atoms with E-state index in [1.165, 1.54) is 24.3 Å². The third-order valence-electron chi connectivity index (χ3n) is 2.86. The van der Waals surface area contributed by atoms with Crippen molar-refractivity contribution < 1.29 is 27.9 Å². The first kappa shape index (κ1) is 17.6. The van der Waals surface area contributed by atoms with E-state index >= 15 is 0 Å². The van der Waals surface area contributed by atoms with Crippen LogP contribution in [0.4, 0.5) is 24.5 Å². The van der Waals surface area contributed by atoms with Crippen molar-refractivity contribution >= 4 is 34.8 Å². The van der Waals surface area contributed by atoms with Gasteiger partial charge >= 0.3 is 18.0 Å². The number of hydrogen-bond acceptors (Lipinski definition) is 3. The highest BCUT2D eigenvalue weighted by Gasteiger charge is 2.30. The maximum absolute atomic E-state index is 12.6. The number of aromatic hydroxyl groups is 1. The van der Waals surface area contributed by atoms with Crippen LogP contribution in [0.3, 0.4) is 0 Å². The van der Waals surface area contributed by atoms with Crippen LogP contribution < -0.4 is 10.6 Å². The van der Waals surface area contributed by atoms with Gasteiger partial charge in [-0.15, -0.1) is 0 Å². The van der Waals surface area contributed by atoms with Gasteiger partial charge in [0, 0.05) is 10.7 Å². The summed E-state index contributed by atoms with van der Waals surface area (Å²) in [6, 6.07) is 7.63. The maximum atomic E-state index is 12.6. The molecule has 2 rings (SSSR count). The normalized spacial score (nSPS) is 11.0. The molecule has 0 spiro atoms. The summed E-state index contributed by atoms with van der Waals surface area (Å²) >= 11 is 5.70. The first-order valence-corrected chi connectivity index (χ1v) is 6.83. The molecule has 0 heterocycles. The lowest BCUT2D eigenvalue weighted by Crippen LogP contribution is -2.29. The highest BCUT2D eigenvalue weighted by molar-refractivity contribution is 6.44. The molecule has 0 atom stereocenters. The molecule has 0 fully saturated rings. The molecule has 0 bridgehead atoms. The number of rotatable bonds is 2. The number of phenolic OH excluding ortho intramolecular Hbond substituents is 1. The summed E-state index contributed by atoms with van der Waals surface area (Å²) in [5.74, 6) is -2.70. The summed E-state index contributed by atoms with van der Waals surface area (Å²) < 4.78 is 37.8. The van der Waals surface area contributed by atoms with Gasteiger partial charge in [-0.05, 0) is 36.4 Å². The van der Waals surface area contributed by atoms with E-state index in [0.717, 1.165) is 12.1 Å². The smallest absolute Gasteiger partial charge is 0.416 e. The van der Waals surface area contributed by atoms with E-state index in [4.69, 9.17) is 11.6 Å². The summed E-state index contributed by atoms with van der Waals surface area (Å²) in [6.45, 7) is 0. The quantitative estimate of drug-likeness (QED) is 0.566. The number of nitrogens with one attached hydrogen (secondary N) is 2. The molecule has 9 heteroatoms. The molecular weight excluding hydrogens is 349 g/mol. The van der Waals surface area contributed by atoms with Crippen molar-refractivity contribution in [2.24, 2.45) is 0 Å². The third-order valence-corrected chi connectivity index (χ3v) is 3.10. The van der Waals surface area contributed by atoms with E-state index < -0.39 is 23.6 Å². The maximum Gasteiger partial charge on any atom is 0.416 e. The Morgan fingerprint density at radius 1 is 1.00 bits per heavy atom. The lowest BCUT2D eigenvalue weighted by atomic mass is 10.2. The average Bonchev–Trinajstić information content (AvgIpc) is 2.50. The molecular formula is C15H10ClF3N2O3. The highest BCUT2D eigenvalue weighted by Crippen LogP contribution is 2.30. The summed E-state index contributed by atoms with van der Waals surface area (Å²) in [7, 11) is 0. The molecule has 3 N–H and O–H groups in total. The first-order chi connectivity index (χ1) is 11.2. The highest BCUT2D eigenvalue weighted by atomic mass is 35.5. The van der Waals surface area contributed by atoms with Crippen molar-refractivity contribution in [3.63, 3.8) is 0 Å². The molecule has 0 saturated carbocycles. The zero-order valence-corrected chi connectivity index (χ0v) is 12.6. The van der Waals surface area contributed by atoms with Crippen molar-refractivity contribution in [3.05, 3.63) is 53.1 Å². The molecule has 126 valence electrons. The van der Waals surface area contributed by atoms with Crippen molar-refractivity contribution in [2.75, 3.05) is 10.6 Å². The van der Waals surface area contributed by atoms with Crippen molar-refractivity contribution in [1.82, 2.24) is 0 Å². The number of carbonyl (C=O) groups excluding carboxylic acids is 2. The van der Waals surface area contributed by atoms with Gasteiger partial charge in [-0.2, -0.15) is 13.2 Å². The molecule has 5 nitrogen and oxygen atoms in total. The van der Waals surface area contributed by atoms with Gasteiger partial charge in [0.1, 0.15) is 5.75 Å². The molecule has 0 aliphatic rings. The molecule has 0 aliphatic carbocycles.